The molecule has 4 atom stereocenters. The van der Waals surface area contributed by atoms with Crippen LogP contribution in [0.3, 0.4) is 0 Å². The van der Waals surface area contributed by atoms with Crippen molar-refractivity contribution in [3.05, 3.63) is 36.5 Å². The van der Waals surface area contributed by atoms with E-state index in [4.69, 9.17) is 14.8 Å². The van der Waals surface area contributed by atoms with Crippen LogP contribution in [-0.2, 0) is 18.4 Å². The molecule has 0 fully saturated rings. The van der Waals surface area contributed by atoms with Crippen LogP contribution in [0.1, 0.15) is 162 Å². The van der Waals surface area contributed by atoms with Gasteiger partial charge >= 0.3 is 7.82 Å². The number of unbranched alkanes of at least 4 members (excludes halogenated alkanes) is 18. The van der Waals surface area contributed by atoms with Gasteiger partial charge in [-0.3, -0.25) is 13.8 Å². The van der Waals surface area contributed by atoms with Crippen LogP contribution < -0.4 is 11.1 Å². The van der Waals surface area contributed by atoms with Crippen LogP contribution in [0.2, 0.25) is 0 Å². The Kier molecular flexibility index (Phi) is 33.2. The third-order valence-corrected chi connectivity index (χ3v) is 9.33. The molecule has 0 heterocycles. The van der Waals surface area contributed by atoms with E-state index in [2.05, 4.69) is 30.5 Å². The molecule has 0 radical (unpaired) electrons. The van der Waals surface area contributed by atoms with Crippen molar-refractivity contribution >= 4 is 13.7 Å². The third kappa shape index (κ3) is 31.9. The maximum Gasteiger partial charge on any atom is 0.472 e. The summed E-state index contributed by atoms with van der Waals surface area (Å²) in [4.78, 5) is 22.6. The predicted molar refractivity (Wildman–Crippen MR) is 200 cm³/mol. The number of nitrogens with one attached hydrogen (secondary N) is 1. The fraction of sp³-hybridized carbons (Fsp3) is 0.816. The number of aliphatic hydroxyl groups excluding tert-OH is 2. The Bertz CT molecular complexity index is 868. The van der Waals surface area contributed by atoms with Gasteiger partial charge in [-0.25, -0.2) is 4.57 Å². The van der Waals surface area contributed by atoms with E-state index >= 15 is 0 Å². The van der Waals surface area contributed by atoms with E-state index in [-0.39, 0.29) is 19.6 Å². The number of phosphoric acid groups is 1. The zero-order valence-electron chi connectivity index (χ0n) is 30.6. The highest BCUT2D eigenvalue weighted by molar-refractivity contribution is 7.47. The lowest BCUT2D eigenvalue weighted by Crippen LogP contribution is -2.46. The largest absolute Gasteiger partial charge is 0.472 e. The predicted octanol–water partition coefficient (Wildman–Crippen LogP) is 8.97. The summed E-state index contributed by atoms with van der Waals surface area (Å²) in [6.07, 6.45) is 35.5. The molecule has 0 spiro atoms. The van der Waals surface area contributed by atoms with Crippen molar-refractivity contribution in [2.45, 2.75) is 180 Å². The van der Waals surface area contributed by atoms with E-state index in [0.717, 1.165) is 38.5 Å². The first-order chi connectivity index (χ1) is 23.3. The Morgan fingerprint density at radius 2 is 1.23 bits per heavy atom. The van der Waals surface area contributed by atoms with Crippen molar-refractivity contribution in [1.82, 2.24) is 5.32 Å². The van der Waals surface area contributed by atoms with Gasteiger partial charge in [-0.05, 0) is 39.0 Å². The van der Waals surface area contributed by atoms with Crippen molar-refractivity contribution in [2.24, 2.45) is 5.73 Å². The first-order valence-corrected chi connectivity index (χ1v) is 20.7. The zero-order chi connectivity index (χ0) is 35.6. The molecule has 0 aromatic heterocycles. The summed E-state index contributed by atoms with van der Waals surface area (Å²) in [5.74, 6) is -0.463. The second-order valence-corrected chi connectivity index (χ2v) is 14.4. The fourth-order valence-corrected chi connectivity index (χ4v) is 6.21. The SMILES string of the molecule is C/C=C/CC/C=C/CC/C=C/C(O)C(COP(=O)(O)OCCN)NC(=O)CC(O)CCCCCCCCCCCCCCCCCCC. The number of phosphoric ester groups is 1. The summed E-state index contributed by atoms with van der Waals surface area (Å²) in [5, 5.41) is 23.8. The molecule has 0 aromatic carbocycles. The van der Waals surface area contributed by atoms with Gasteiger partial charge < -0.3 is 26.2 Å². The first kappa shape index (κ1) is 46.7. The van der Waals surface area contributed by atoms with E-state index in [1.165, 1.54) is 89.9 Å². The molecule has 48 heavy (non-hydrogen) atoms. The zero-order valence-corrected chi connectivity index (χ0v) is 31.5. The summed E-state index contributed by atoms with van der Waals surface area (Å²) >= 11 is 0. The minimum atomic E-state index is -4.40. The van der Waals surface area contributed by atoms with E-state index < -0.39 is 38.6 Å². The van der Waals surface area contributed by atoms with Crippen LogP contribution in [0.15, 0.2) is 36.5 Å². The standard InChI is InChI=1S/C38H73N2O7P/c1-3-5-7-9-11-13-14-15-16-17-18-19-20-22-23-25-27-29-35(41)33-38(43)40-36(34-47-48(44,45)46-32-31-39)37(42)30-28-26-24-21-12-10-8-6-4-2/h4,6,12,21,28,30,35-37,41-42H,3,5,7-11,13-20,22-27,29,31-34,39H2,1-2H3,(H,40,43)(H,44,45)/b6-4+,21-12+,30-28+. The lowest BCUT2D eigenvalue weighted by molar-refractivity contribution is -0.124. The Morgan fingerprint density at radius 1 is 0.750 bits per heavy atom. The van der Waals surface area contributed by atoms with E-state index in [1.54, 1.807) is 12.2 Å². The molecule has 4 unspecified atom stereocenters. The highest BCUT2D eigenvalue weighted by Gasteiger charge is 2.27. The Morgan fingerprint density at radius 3 is 1.73 bits per heavy atom. The molecule has 282 valence electrons. The Labute approximate surface area is 293 Å². The molecule has 0 saturated carbocycles. The van der Waals surface area contributed by atoms with Gasteiger partial charge in [-0.2, -0.15) is 0 Å². The fourth-order valence-electron chi connectivity index (χ4n) is 5.45. The molecule has 0 aliphatic rings. The molecule has 0 rings (SSSR count). The van der Waals surface area contributed by atoms with Crippen molar-refractivity contribution < 1.29 is 33.5 Å². The normalized spacial score (nSPS) is 15.4. The van der Waals surface area contributed by atoms with E-state index in [9.17, 15) is 24.5 Å². The van der Waals surface area contributed by atoms with Gasteiger partial charge in [0, 0.05) is 6.54 Å². The summed E-state index contributed by atoms with van der Waals surface area (Å²) in [6.45, 7) is 3.69. The highest BCUT2D eigenvalue weighted by atomic mass is 31.2. The number of amides is 1. The van der Waals surface area contributed by atoms with Crippen molar-refractivity contribution in [3.63, 3.8) is 0 Å². The van der Waals surface area contributed by atoms with Gasteiger partial charge in [-0.1, -0.05) is 153 Å². The highest BCUT2D eigenvalue weighted by Crippen LogP contribution is 2.43. The molecule has 10 heteroatoms. The minimum Gasteiger partial charge on any atom is -0.393 e. The average molecular weight is 701 g/mol. The quantitative estimate of drug-likeness (QED) is 0.0250. The van der Waals surface area contributed by atoms with Crippen molar-refractivity contribution in [3.8, 4) is 0 Å². The topological polar surface area (TPSA) is 151 Å². The van der Waals surface area contributed by atoms with Gasteiger partial charge in [0.2, 0.25) is 5.91 Å². The van der Waals surface area contributed by atoms with Crippen LogP contribution in [0.5, 0.6) is 0 Å². The second-order valence-electron chi connectivity index (χ2n) is 13.0. The number of allylic oxidation sites excluding steroid dienone is 5. The minimum absolute atomic E-state index is 0.0422. The number of carbonyl (C=O) groups excluding carboxylic acids is 1. The van der Waals surface area contributed by atoms with Gasteiger partial charge in [0.25, 0.3) is 0 Å². The number of nitrogens with two attached hydrogens (primary N) is 1. The van der Waals surface area contributed by atoms with E-state index in [0.29, 0.717) is 12.8 Å². The molecular formula is C38H73N2O7P. The van der Waals surface area contributed by atoms with E-state index in [1.807, 2.05) is 13.0 Å². The summed E-state index contributed by atoms with van der Waals surface area (Å²) in [5.41, 5.74) is 5.33. The van der Waals surface area contributed by atoms with Gasteiger partial charge in [0.1, 0.15) is 0 Å². The van der Waals surface area contributed by atoms with Crippen LogP contribution in [-0.4, -0.2) is 59.0 Å². The van der Waals surface area contributed by atoms with Crippen molar-refractivity contribution in [1.29, 1.82) is 0 Å². The lowest BCUT2D eigenvalue weighted by atomic mass is 10.0. The lowest BCUT2D eigenvalue weighted by Gasteiger charge is -2.24. The molecule has 0 saturated heterocycles. The summed E-state index contributed by atoms with van der Waals surface area (Å²) in [6, 6.07) is -1.00. The van der Waals surface area contributed by atoms with Gasteiger partial charge in [0.15, 0.2) is 0 Å². The van der Waals surface area contributed by atoms with Crippen LogP contribution in [0, 0.1) is 0 Å². The molecule has 0 aromatic rings. The monoisotopic (exact) mass is 701 g/mol. The van der Waals surface area contributed by atoms with Crippen LogP contribution in [0.4, 0.5) is 0 Å². The maximum absolute atomic E-state index is 12.7. The number of carbonyl (C=O) groups is 1. The average Bonchev–Trinajstić information content (AvgIpc) is 3.06. The Balaban J connectivity index is 4.30. The number of hydrogen-bond donors (Lipinski definition) is 5. The maximum atomic E-state index is 12.7. The molecule has 9 nitrogen and oxygen atoms in total. The molecule has 6 N–H and O–H groups in total. The number of hydrogen-bond acceptors (Lipinski definition) is 7. The second kappa shape index (κ2) is 34.1. The van der Waals surface area contributed by atoms with Gasteiger partial charge in [-0.15, -0.1) is 0 Å². The molecule has 0 aliphatic carbocycles. The number of rotatable bonds is 35. The molecule has 0 bridgehead atoms. The third-order valence-electron chi connectivity index (χ3n) is 8.35. The Hall–Kier alpha value is -1.32. The summed E-state index contributed by atoms with van der Waals surface area (Å²) in [7, 11) is -4.40. The van der Waals surface area contributed by atoms with Crippen LogP contribution in [0.25, 0.3) is 0 Å². The summed E-state index contributed by atoms with van der Waals surface area (Å²) < 4.78 is 21.9. The van der Waals surface area contributed by atoms with Crippen LogP contribution >= 0.6 is 7.82 Å². The first-order valence-electron chi connectivity index (χ1n) is 19.2. The molecule has 0 aliphatic heterocycles. The van der Waals surface area contributed by atoms with Gasteiger partial charge in [0.05, 0.1) is 37.9 Å². The molecule has 1 amide bonds. The van der Waals surface area contributed by atoms with Crippen molar-refractivity contribution in [2.75, 3.05) is 19.8 Å². The number of aliphatic hydroxyl groups is 2. The smallest absolute Gasteiger partial charge is 0.393 e. The molecular weight excluding hydrogens is 627 g/mol.